The topological polar surface area (TPSA) is 155 Å². The molecule has 0 amide bonds. The minimum atomic E-state index is -5.62. The van der Waals surface area contributed by atoms with Crippen molar-refractivity contribution in [2.45, 2.75) is 0 Å². The van der Waals surface area contributed by atoms with Gasteiger partial charge in [-0.25, -0.2) is 0 Å². The zero-order chi connectivity index (χ0) is 9.00. The SMILES string of the molecule is O=S(=O)([O-])[O-].[Cu+2].[K+].[O]=[Mn](=[O])(=[O])[O-]. The van der Waals surface area contributed by atoms with Crippen molar-refractivity contribution in [2.75, 3.05) is 0 Å². The second-order valence-corrected chi connectivity index (χ2v) is 2.78. The Balaban J connectivity index is -0.0000000457. The van der Waals surface area contributed by atoms with Gasteiger partial charge < -0.3 is 9.11 Å². The summed E-state index contributed by atoms with van der Waals surface area (Å²) in [7, 11) is -5.17. The Bertz CT molecular complexity index is 294. The van der Waals surface area contributed by atoms with Crippen LogP contribution in [0.4, 0.5) is 0 Å². The summed E-state index contributed by atoms with van der Waals surface area (Å²) in [6.45, 7) is 0. The third-order valence-electron chi connectivity index (χ3n) is 0. The van der Waals surface area contributed by atoms with E-state index in [1.807, 2.05) is 0 Å². The average molecular weight is 318 g/mol. The molecule has 0 aliphatic rings. The molecule has 73 valence electrons. The second kappa shape index (κ2) is 9.46. The molecule has 0 unspecified atom stereocenters. The van der Waals surface area contributed by atoms with E-state index in [-0.39, 0.29) is 68.5 Å². The predicted molar refractivity (Wildman–Crippen MR) is 12.5 cm³/mol. The van der Waals surface area contributed by atoms with Crippen molar-refractivity contribution in [2.24, 2.45) is 0 Å². The van der Waals surface area contributed by atoms with Crippen LogP contribution >= 0.6 is 0 Å². The van der Waals surface area contributed by atoms with Crippen molar-refractivity contribution < 1.29 is 115 Å². The Hall–Kier alpha value is 1.91. The summed E-state index contributed by atoms with van der Waals surface area (Å²) >= 11 is -5.62. The number of rotatable bonds is 0. The summed E-state index contributed by atoms with van der Waals surface area (Å²) in [5.74, 6) is 0. The van der Waals surface area contributed by atoms with E-state index < -0.39 is 23.4 Å². The molecule has 0 atom stereocenters. The van der Waals surface area contributed by atoms with Gasteiger partial charge in [0.25, 0.3) is 0 Å². The molecule has 0 fully saturated rings. The van der Waals surface area contributed by atoms with Crippen molar-refractivity contribution in [1.82, 2.24) is 0 Å². The van der Waals surface area contributed by atoms with E-state index in [0.29, 0.717) is 0 Å². The first-order valence-electron chi connectivity index (χ1n) is 1.28. The van der Waals surface area contributed by atoms with Crippen LogP contribution in [0.3, 0.4) is 0 Å². The van der Waals surface area contributed by atoms with Gasteiger partial charge in [-0.1, -0.05) is 0 Å². The van der Waals surface area contributed by atoms with Crippen LogP contribution in [-0.2, 0) is 51.9 Å². The molecule has 12 heavy (non-hydrogen) atoms. The van der Waals surface area contributed by atoms with Gasteiger partial charge in [-0.2, -0.15) is 0 Å². The summed E-state index contributed by atoms with van der Waals surface area (Å²) in [6.07, 6.45) is 0. The van der Waals surface area contributed by atoms with Crippen LogP contribution < -0.4 is 55.6 Å². The molecular weight excluding hydrogens is 318 g/mol. The van der Waals surface area contributed by atoms with Gasteiger partial charge in [0.15, 0.2) is 0 Å². The van der Waals surface area contributed by atoms with E-state index in [4.69, 9.17) is 33.2 Å². The van der Waals surface area contributed by atoms with Gasteiger partial charge in [0.1, 0.15) is 0 Å². The number of hydrogen-bond acceptors (Lipinski definition) is 8. The molecule has 0 aromatic rings. The first-order chi connectivity index (χ1) is 4.00. The second-order valence-electron chi connectivity index (χ2n) is 0.786. The molecule has 0 heterocycles. The Morgan fingerprint density at radius 1 is 1.00 bits per heavy atom. The monoisotopic (exact) mass is 317 g/mol. The first-order valence-corrected chi connectivity index (χ1v) is 4.54. The van der Waals surface area contributed by atoms with E-state index in [9.17, 15) is 0 Å². The third-order valence-corrected chi connectivity index (χ3v) is 0. The summed E-state index contributed by atoms with van der Waals surface area (Å²) < 4.78 is 68.4. The standard InChI is InChI=1S/Cu.K.Mn.H2O4S.4O/c;;;1-5(2,3)4;;;;/h;;;(H2,1,2,3,4);;;;/q+2;+1;;;;;;-1/p-2. The maximum atomic E-state index is 8.58. The Morgan fingerprint density at radius 2 is 1.00 bits per heavy atom. The Labute approximate surface area is 123 Å². The van der Waals surface area contributed by atoms with Crippen LogP contribution in [0, 0.1) is 0 Å². The molecule has 0 aromatic heterocycles. The van der Waals surface area contributed by atoms with Crippen LogP contribution in [0.25, 0.3) is 0 Å². The minimum absolute atomic E-state index is 0. The van der Waals surface area contributed by atoms with Gasteiger partial charge >= 0.3 is 97.1 Å². The van der Waals surface area contributed by atoms with Crippen LogP contribution in [0.2, 0.25) is 0 Å². The van der Waals surface area contributed by atoms with Crippen LogP contribution in [0.15, 0.2) is 0 Å². The molecule has 0 aliphatic carbocycles. The average Bonchev–Trinajstić information content (AvgIpc) is 1.12. The zero-order valence-electron chi connectivity index (χ0n) is 5.35. The van der Waals surface area contributed by atoms with E-state index in [1.54, 1.807) is 0 Å². The Morgan fingerprint density at radius 3 is 1.00 bits per heavy atom. The summed E-state index contributed by atoms with van der Waals surface area (Å²) in [6, 6.07) is 0. The van der Waals surface area contributed by atoms with Crippen molar-refractivity contribution in [3.8, 4) is 0 Å². The van der Waals surface area contributed by atoms with Gasteiger partial charge in [0.2, 0.25) is 0 Å². The summed E-state index contributed by atoms with van der Waals surface area (Å²) in [5, 5.41) is 0. The van der Waals surface area contributed by atoms with Crippen LogP contribution in [0.1, 0.15) is 0 Å². The molecule has 0 rings (SSSR count). The molecule has 0 saturated heterocycles. The Kier molecular flexibility index (Phi) is 18.6. The fourth-order valence-electron chi connectivity index (χ4n) is 0. The van der Waals surface area contributed by atoms with E-state index in [1.165, 1.54) is 0 Å². The predicted octanol–water partition coefficient (Wildman–Crippen LogP) is -5.88. The molecule has 12 heteroatoms. The molecule has 0 saturated carbocycles. The van der Waals surface area contributed by atoms with Crippen LogP contribution in [-0.4, -0.2) is 17.5 Å². The summed E-state index contributed by atoms with van der Waals surface area (Å²) in [5.41, 5.74) is 0. The first kappa shape index (κ1) is 23.6. The molecule has 8 nitrogen and oxygen atoms in total. The van der Waals surface area contributed by atoms with Crippen molar-refractivity contribution in [1.29, 1.82) is 0 Å². The maximum absolute atomic E-state index is 8.58. The van der Waals surface area contributed by atoms with Crippen molar-refractivity contribution in [3.05, 3.63) is 0 Å². The van der Waals surface area contributed by atoms with E-state index >= 15 is 0 Å². The van der Waals surface area contributed by atoms with Gasteiger partial charge in [-0.3, -0.25) is 8.42 Å². The molecule has 0 bridgehead atoms. The van der Waals surface area contributed by atoms with Crippen molar-refractivity contribution >= 4 is 10.4 Å². The van der Waals surface area contributed by atoms with Crippen LogP contribution in [0.5, 0.6) is 0 Å². The fraction of sp³-hybridized carbons (Fsp3) is 0. The molecular formula is CuKMnO8S. The molecule has 0 N–H and O–H groups in total. The van der Waals surface area contributed by atoms with E-state index in [2.05, 4.69) is 0 Å². The van der Waals surface area contributed by atoms with E-state index in [0.717, 1.165) is 0 Å². The summed E-state index contributed by atoms with van der Waals surface area (Å²) in [4.78, 5) is 0. The molecule has 1 radical (unpaired) electrons. The van der Waals surface area contributed by atoms with Gasteiger partial charge in [0.05, 0.1) is 0 Å². The van der Waals surface area contributed by atoms with Gasteiger partial charge in [0, 0.05) is 10.4 Å². The number of hydrogen-bond donors (Lipinski definition) is 0. The zero-order valence-corrected chi connectivity index (χ0v) is 11.4. The molecule has 0 aliphatic heterocycles. The quantitative estimate of drug-likeness (QED) is 0.243. The normalized spacial score (nSPS) is 9.58. The van der Waals surface area contributed by atoms with Crippen molar-refractivity contribution in [3.63, 3.8) is 0 Å². The van der Waals surface area contributed by atoms with Gasteiger partial charge in [-0.15, -0.1) is 0 Å². The molecule has 0 aromatic carbocycles. The van der Waals surface area contributed by atoms with Gasteiger partial charge in [-0.05, 0) is 0 Å². The fourth-order valence-corrected chi connectivity index (χ4v) is 0. The molecule has 0 spiro atoms. The third kappa shape index (κ3) is 390.